The van der Waals surface area contributed by atoms with Crippen LogP contribution in [0.5, 0.6) is 0 Å². The molecule has 94 valence electrons. The fraction of sp³-hybridized carbons (Fsp3) is 0.600. The van der Waals surface area contributed by atoms with Crippen molar-refractivity contribution in [1.29, 1.82) is 0 Å². The van der Waals surface area contributed by atoms with Crippen molar-refractivity contribution >= 4 is 11.4 Å². The molecule has 0 heterocycles. The van der Waals surface area contributed by atoms with Gasteiger partial charge in [-0.15, -0.1) is 0 Å². The van der Waals surface area contributed by atoms with E-state index in [-0.39, 0.29) is 0 Å². The third kappa shape index (κ3) is 2.93. The van der Waals surface area contributed by atoms with Crippen LogP contribution < -0.4 is 11.1 Å². The zero-order valence-electron chi connectivity index (χ0n) is 11.0. The molecule has 2 atom stereocenters. The molecule has 3 N–H and O–H groups in total. The monoisotopic (exact) mass is 232 g/mol. The van der Waals surface area contributed by atoms with Crippen LogP contribution in [0.3, 0.4) is 0 Å². The molecule has 1 aliphatic carbocycles. The summed E-state index contributed by atoms with van der Waals surface area (Å²) in [6.45, 7) is 4.42. The minimum Gasteiger partial charge on any atom is -0.397 e. The second kappa shape index (κ2) is 5.44. The molecule has 1 saturated carbocycles. The summed E-state index contributed by atoms with van der Waals surface area (Å²) in [6, 6.07) is 6.73. The average molecular weight is 232 g/mol. The van der Waals surface area contributed by atoms with E-state index in [1.807, 2.05) is 12.1 Å². The maximum Gasteiger partial charge on any atom is 0.0605 e. The highest BCUT2D eigenvalue weighted by molar-refractivity contribution is 5.70. The Balaban J connectivity index is 2.05. The quantitative estimate of drug-likeness (QED) is 0.774. The molecule has 0 radical (unpaired) electrons. The third-order valence-electron chi connectivity index (χ3n) is 4.01. The zero-order chi connectivity index (χ0) is 12.3. The summed E-state index contributed by atoms with van der Waals surface area (Å²) in [5.41, 5.74) is 9.32. The summed E-state index contributed by atoms with van der Waals surface area (Å²) >= 11 is 0. The largest absolute Gasteiger partial charge is 0.397 e. The van der Waals surface area contributed by atoms with Crippen molar-refractivity contribution in [3.8, 4) is 0 Å². The number of rotatable bonds is 3. The van der Waals surface area contributed by atoms with Crippen LogP contribution in [0.25, 0.3) is 0 Å². The van der Waals surface area contributed by atoms with Crippen LogP contribution in [0.15, 0.2) is 18.2 Å². The zero-order valence-corrected chi connectivity index (χ0v) is 11.0. The molecule has 0 amide bonds. The number of nitrogen functional groups attached to an aromatic ring is 1. The molecule has 1 aliphatic rings. The molecular weight excluding hydrogens is 208 g/mol. The lowest BCUT2D eigenvalue weighted by Crippen LogP contribution is -2.27. The Hall–Kier alpha value is -1.18. The fourth-order valence-corrected chi connectivity index (χ4v) is 2.88. The van der Waals surface area contributed by atoms with Crippen LogP contribution in [-0.4, -0.2) is 6.04 Å². The van der Waals surface area contributed by atoms with E-state index >= 15 is 0 Å². The van der Waals surface area contributed by atoms with E-state index < -0.39 is 0 Å². The fourth-order valence-electron chi connectivity index (χ4n) is 2.88. The van der Waals surface area contributed by atoms with Crippen molar-refractivity contribution in [2.75, 3.05) is 11.1 Å². The Morgan fingerprint density at radius 1 is 1.35 bits per heavy atom. The van der Waals surface area contributed by atoms with Crippen LogP contribution in [0, 0.1) is 12.8 Å². The first kappa shape index (κ1) is 12.3. The number of anilines is 2. The van der Waals surface area contributed by atoms with Crippen molar-refractivity contribution in [2.45, 2.75) is 52.0 Å². The van der Waals surface area contributed by atoms with Gasteiger partial charge in [0.2, 0.25) is 0 Å². The lowest BCUT2D eigenvalue weighted by molar-refractivity contribution is 0.327. The lowest BCUT2D eigenvalue weighted by Gasteiger charge is -2.30. The highest BCUT2D eigenvalue weighted by atomic mass is 14.9. The standard InChI is InChI=1S/C15H24N2/c1-3-12-7-5-8-13(10-12)17-15-11(2)6-4-9-14(15)16/h4,6,9,12-13,17H,3,5,7-8,10,16H2,1-2H3. The first-order valence-electron chi connectivity index (χ1n) is 6.82. The molecule has 2 unspecified atom stereocenters. The summed E-state index contributed by atoms with van der Waals surface area (Å²) in [7, 11) is 0. The molecule has 17 heavy (non-hydrogen) atoms. The average Bonchev–Trinajstić information content (AvgIpc) is 2.34. The second-order valence-electron chi connectivity index (χ2n) is 5.32. The van der Waals surface area contributed by atoms with Crippen molar-refractivity contribution in [3.05, 3.63) is 23.8 Å². The van der Waals surface area contributed by atoms with Gasteiger partial charge in [-0.3, -0.25) is 0 Å². The molecule has 2 nitrogen and oxygen atoms in total. The van der Waals surface area contributed by atoms with Gasteiger partial charge in [0, 0.05) is 6.04 Å². The number of nitrogens with one attached hydrogen (secondary N) is 1. The number of aryl methyl sites for hydroxylation is 1. The van der Waals surface area contributed by atoms with Gasteiger partial charge in [-0.25, -0.2) is 0 Å². The van der Waals surface area contributed by atoms with Gasteiger partial charge in [0.15, 0.2) is 0 Å². The van der Waals surface area contributed by atoms with Gasteiger partial charge >= 0.3 is 0 Å². The Labute approximate surface area is 105 Å². The first-order chi connectivity index (χ1) is 8.20. The van der Waals surface area contributed by atoms with E-state index in [1.54, 1.807) is 0 Å². The normalized spacial score (nSPS) is 24.6. The number of hydrogen-bond donors (Lipinski definition) is 2. The third-order valence-corrected chi connectivity index (χ3v) is 4.01. The lowest BCUT2D eigenvalue weighted by atomic mass is 9.84. The summed E-state index contributed by atoms with van der Waals surface area (Å²) < 4.78 is 0. The smallest absolute Gasteiger partial charge is 0.0605 e. The Morgan fingerprint density at radius 3 is 2.88 bits per heavy atom. The molecule has 0 aromatic heterocycles. The van der Waals surface area contributed by atoms with E-state index in [9.17, 15) is 0 Å². The van der Waals surface area contributed by atoms with Gasteiger partial charge in [-0.05, 0) is 37.3 Å². The molecule has 1 aromatic carbocycles. The van der Waals surface area contributed by atoms with E-state index in [2.05, 4.69) is 25.2 Å². The second-order valence-corrected chi connectivity index (χ2v) is 5.32. The van der Waals surface area contributed by atoms with Crippen molar-refractivity contribution < 1.29 is 0 Å². The number of nitrogens with two attached hydrogens (primary N) is 1. The highest BCUT2D eigenvalue weighted by Crippen LogP contribution is 2.31. The number of hydrogen-bond acceptors (Lipinski definition) is 2. The Bertz CT molecular complexity index is 353. The minimum absolute atomic E-state index is 0.608. The molecule has 0 aliphatic heterocycles. The highest BCUT2D eigenvalue weighted by Gasteiger charge is 2.21. The molecule has 2 heteroatoms. The summed E-state index contributed by atoms with van der Waals surface area (Å²) in [4.78, 5) is 0. The maximum atomic E-state index is 6.04. The van der Waals surface area contributed by atoms with Gasteiger partial charge in [0.1, 0.15) is 0 Å². The van der Waals surface area contributed by atoms with Crippen LogP contribution in [-0.2, 0) is 0 Å². The number of benzene rings is 1. The molecule has 0 saturated heterocycles. The van der Waals surface area contributed by atoms with Gasteiger partial charge in [0.05, 0.1) is 11.4 Å². The molecule has 0 bridgehead atoms. The van der Waals surface area contributed by atoms with Crippen molar-refractivity contribution in [3.63, 3.8) is 0 Å². The summed E-state index contributed by atoms with van der Waals surface area (Å²) in [5, 5.41) is 3.66. The predicted octanol–water partition coefficient (Wildman–Crippen LogP) is 3.96. The molecule has 0 spiro atoms. The van der Waals surface area contributed by atoms with E-state index in [4.69, 9.17) is 5.73 Å². The van der Waals surface area contributed by atoms with Crippen molar-refractivity contribution in [2.24, 2.45) is 5.92 Å². The predicted molar refractivity (Wildman–Crippen MR) is 75.3 cm³/mol. The molecule has 2 rings (SSSR count). The van der Waals surface area contributed by atoms with Crippen molar-refractivity contribution in [1.82, 2.24) is 0 Å². The number of para-hydroxylation sites is 1. The van der Waals surface area contributed by atoms with Gasteiger partial charge in [0.25, 0.3) is 0 Å². The first-order valence-corrected chi connectivity index (χ1v) is 6.82. The molecule has 1 aromatic rings. The van der Waals surface area contributed by atoms with Crippen LogP contribution in [0.4, 0.5) is 11.4 Å². The summed E-state index contributed by atoms with van der Waals surface area (Å²) in [6.07, 6.45) is 6.63. The molecular formula is C15H24N2. The SMILES string of the molecule is CCC1CCCC(Nc2c(C)cccc2N)C1. The maximum absolute atomic E-state index is 6.04. The Kier molecular flexibility index (Phi) is 3.93. The van der Waals surface area contributed by atoms with E-state index in [0.29, 0.717) is 6.04 Å². The van der Waals surface area contributed by atoms with Gasteiger partial charge < -0.3 is 11.1 Å². The summed E-state index contributed by atoms with van der Waals surface area (Å²) in [5.74, 6) is 0.895. The molecule has 1 fully saturated rings. The van der Waals surface area contributed by atoms with E-state index in [1.165, 1.54) is 37.7 Å². The minimum atomic E-state index is 0.608. The van der Waals surface area contributed by atoms with Gasteiger partial charge in [-0.2, -0.15) is 0 Å². The topological polar surface area (TPSA) is 38.0 Å². The Morgan fingerprint density at radius 2 is 2.18 bits per heavy atom. The van der Waals surface area contributed by atoms with Gasteiger partial charge in [-0.1, -0.05) is 38.3 Å². The van der Waals surface area contributed by atoms with E-state index in [0.717, 1.165) is 17.3 Å². The van der Waals surface area contributed by atoms with Crippen LogP contribution >= 0.6 is 0 Å². The van der Waals surface area contributed by atoms with Crippen LogP contribution in [0.2, 0.25) is 0 Å². The van der Waals surface area contributed by atoms with Crippen LogP contribution in [0.1, 0.15) is 44.6 Å².